The smallest absolute Gasteiger partial charge is 0.263 e. The van der Waals surface area contributed by atoms with Gasteiger partial charge in [-0.15, -0.1) is 0 Å². The number of hydrogen-bond acceptors (Lipinski definition) is 5. The summed E-state index contributed by atoms with van der Waals surface area (Å²) >= 11 is 0. The van der Waals surface area contributed by atoms with E-state index in [1.807, 2.05) is 43.3 Å². The minimum absolute atomic E-state index is 0.0210. The second kappa shape index (κ2) is 9.69. The van der Waals surface area contributed by atoms with Crippen LogP contribution in [0.1, 0.15) is 24.1 Å². The van der Waals surface area contributed by atoms with Crippen molar-refractivity contribution in [3.63, 3.8) is 0 Å². The van der Waals surface area contributed by atoms with E-state index in [4.69, 9.17) is 5.14 Å². The Hall–Kier alpha value is -3.15. The monoisotopic (exact) mass is 398 g/mol. The zero-order chi connectivity index (χ0) is 20.6. The second-order valence-corrected chi connectivity index (χ2v) is 7.73. The zero-order valence-corrected chi connectivity index (χ0v) is 16.2. The van der Waals surface area contributed by atoms with E-state index in [0.29, 0.717) is 13.0 Å². The molecule has 0 aromatic heterocycles. The lowest BCUT2D eigenvalue weighted by atomic mass is 10.1. The van der Waals surface area contributed by atoms with Crippen LogP contribution in [0.15, 0.2) is 71.3 Å². The van der Waals surface area contributed by atoms with Crippen LogP contribution in [0.4, 0.5) is 0 Å². The third-order valence-corrected chi connectivity index (χ3v) is 5.00. The lowest BCUT2D eigenvalue weighted by molar-refractivity contribution is -0.117. The first-order valence-electron chi connectivity index (χ1n) is 8.62. The minimum atomic E-state index is -3.70. The van der Waals surface area contributed by atoms with E-state index in [1.165, 1.54) is 18.3 Å². The van der Waals surface area contributed by atoms with Gasteiger partial charge in [0.05, 0.1) is 10.9 Å². The van der Waals surface area contributed by atoms with Gasteiger partial charge in [0, 0.05) is 12.7 Å². The van der Waals surface area contributed by atoms with Crippen LogP contribution in [-0.2, 0) is 21.2 Å². The molecule has 0 saturated carbocycles. The molecule has 1 amide bonds. The van der Waals surface area contributed by atoms with Crippen LogP contribution in [0.2, 0.25) is 0 Å². The average Bonchev–Trinajstić information content (AvgIpc) is 2.68. The maximum atomic E-state index is 12.2. The van der Waals surface area contributed by atoms with Gasteiger partial charge in [-0.25, -0.2) is 13.6 Å². The van der Waals surface area contributed by atoms with Crippen LogP contribution in [0.25, 0.3) is 0 Å². The highest BCUT2D eigenvalue weighted by Gasteiger charge is 2.13. The number of amides is 1. The third kappa shape index (κ3) is 6.23. The van der Waals surface area contributed by atoms with Crippen molar-refractivity contribution in [2.24, 2.45) is 5.14 Å². The maximum absolute atomic E-state index is 12.2. The van der Waals surface area contributed by atoms with Crippen molar-refractivity contribution in [2.45, 2.75) is 24.3 Å². The SMILES string of the molecule is CC(NC(=O)/C(C#N)=C\NCCc1ccc(S(N)(=O)=O)cc1)c1ccccc1. The van der Waals surface area contributed by atoms with E-state index in [-0.39, 0.29) is 16.5 Å². The van der Waals surface area contributed by atoms with Crippen LogP contribution in [0.3, 0.4) is 0 Å². The highest BCUT2D eigenvalue weighted by molar-refractivity contribution is 7.89. The summed E-state index contributed by atoms with van der Waals surface area (Å²) in [7, 11) is -3.70. The number of primary sulfonamides is 1. The second-order valence-electron chi connectivity index (χ2n) is 6.17. The number of carbonyl (C=O) groups is 1. The van der Waals surface area contributed by atoms with Crippen LogP contribution in [-0.4, -0.2) is 20.9 Å². The Morgan fingerprint density at radius 2 is 1.82 bits per heavy atom. The van der Waals surface area contributed by atoms with E-state index in [2.05, 4.69) is 10.6 Å². The molecule has 1 unspecified atom stereocenters. The summed E-state index contributed by atoms with van der Waals surface area (Å²) in [6, 6.07) is 17.4. The van der Waals surface area contributed by atoms with Gasteiger partial charge < -0.3 is 10.6 Å². The van der Waals surface area contributed by atoms with E-state index >= 15 is 0 Å². The summed E-state index contributed by atoms with van der Waals surface area (Å²) in [5.74, 6) is -0.455. The Balaban J connectivity index is 1.87. The summed E-state index contributed by atoms with van der Waals surface area (Å²) in [6.45, 7) is 2.32. The lowest BCUT2D eigenvalue weighted by Gasteiger charge is -2.13. The first kappa shape index (κ1) is 21.2. The Morgan fingerprint density at radius 1 is 1.18 bits per heavy atom. The van der Waals surface area contributed by atoms with E-state index in [9.17, 15) is 18.5 Å². The molecular formula is C20H22N4O3S. The molecule has 2 rings (SSSR count). The zero-order valence-electron chi connectivity index (χ0n) is 15.4. The van der Waals surface area contributed by atoms with Gasteiger partial charge in [-0.05, 0) is 36.6 Å². The Morgan fingerprint density at radius 3 is 2.39 bits per heavy atom. The summed E-state index contributed by atoms with van der Waals surface area (Å²) in [5, 5.41) is 20.0. The fourth-order valence-electron chi connectivity index (χ4n) is 2.48. The molecule has 2 aromatic carbocycles. The standard InChI is InChI=1S/C20H22N4O3S/c1-15(17-5-3-2-4-6-17)24-20(25)18(13-21)14-23-12-11-16-7-9-19(10-8-16)28(22,26)27/h2-10,14-15,23H,11-12H2,1H3,(H,24,25)(H2,22,26,27)/b18-14-. The molecule has 0 bridgehead atoms. The van der Waals surface area contributed by atoms with E-state index in [0.717, 1.165) is 11.1 Å². The Bertz CT molecular complexity index is 978. The number of nitrogens with two attached hydrogens (primary N) is 1. The third-order valence-electron chi connectivity index (χ3n) is 4.07. The van der Waals surface area contributed by atoms with Crippen LogP contribution in [0, 0.1) is 11.3 Å². The highest BCUT2D eigenvalue weighted by atomic mass is 32.2. The fraction of sp³-hybridized carbons (Fsp3) is 0.200. The number of rotatable bonds is 8. The first-order chi connectivity index (χ1) is 13.3. The fourth-order valence-corrected chi connectivity index (χ4v) is 3.00. The molecular weight excluding hydrogens is 376 g/mol. The average molecular weight is 398 g/mol. The van der Waals surface area contributed by atoms with E-state index < -0.39 is 15.9 Å². The highest BCUT2D eigenvalue weighted by Crippen LogP contribution is 2.12. The quantitative estimate of drug-likeness (QED) is 0.355. The van der Waals surface area contributed by atoms with Gasteiger partial charge in [0.25, 0.3) is 5.91 Å². The predicted molar refractivity (Wildman–Crippen MR) is 106 cm³/mol. The molecule has 0 fully saturated rings. The van der Waals surface area contributed by atoms with Crippen molar-refractivity contribution in [3.05, 3.63) is 77.5 Å². The molecule has 1 atom stereocenters. The normalized spacial score (nSPS) is 12.7. The lowest BCUT2D eigenvalue weighted by Crippen LogP contribution is -2.28. The van der Waals surface area contributed by atoms with Crippen LogP contribution in [0.5, 0.6) is 0 Å². The Labute approximate surface area is 164 Å². The van der Waals surface area contributed by atoms with Gasteiger partial charge >= 0.3 is 0 Å². The van der Waals surface area contributed by atoms with Gasteiger partial charge in [0.1, 0.15) is 11.6 Å². The van der Waals surface area contributed by atoms with Gasteiger partial charge in [0.15, 0.2) is 0 Å². The topological polar surface area (TPSA) is 125 Å². The van der Waals surface area contributed by atoms with Crippen molar-refractivity contribution in [1.29, 1.82) is 5.26 Å². The van der Waals surface area contributed by atoms with Crippen molar-refractivity contribution in [3.8, 4) is 6.07 Å². The molecule has 0 aliphatic heterocycles. The number of nitriles is 1. The van der Waals surface area contributed by atoms with Crippen LogP contribution < -0.4 is 15.8 Å². The molecule has 2 aromatic rings. The van der Waals surface area contributed by atoms with Crippen LogP contribution >= 0.6 is 0 Å². The van der Waals surface area contributed by atoms with Gasteiger partial charge in [0.2, 0.25) is 10.0 Å². The number of nitrogens with zero attached hydrogens (tertiary/aromatic N) is 1. The van der Waals surface area contributed by atoms with Crippen molar-refractivity contribution >= 4 is 15.9 Å². The van der Waals surface area contributed by atoms with Crippen molar-refractivity contribution < 1.29 is 13.2 Å². The summed E-state index contributed by atoms with van der Waals surface area (Å²) in [4.78, 5) is 12.3. The summed E-state index contributed by atoms with van der Waals surface area (Å²) in [5.41, 5.74) is 1.82. The van der Waals surface area contributed by atoms with Crippen molar-refractivity contribution in [2.75, 3.05) is 6.54 Å². The number of benzene rings is 2. The maximum Gasteiger partial charge on any atom is 0.263 e. The predicted octanol–water partition coefficient (Wildman–Crippen LogP) is 1.75. The number of sulfonamides is 1. The molecule has 4 N–H and O–H groups in total. The molecule has 146 valence electrons. The molecule has 0 aliphatic carbocycles. The molecule has 0 aliphatic rings. The molecule has 7 nitrogen and oxygen atoms in total. The van der Waals surface area contributed by atoms with Gasteiger partial charge in [-0.3, -0.25) is 4.79 Å². The van der Waals surface area contributed by atoms with Gasteiger partial charge in [-0.1, -0.05) is 42.5 Å². The molecule has 28 heavy (non-hydrogen) atoms. The van der Waals surface area contributed by atoms with E-state index in [1.54, 1.807) is 12.1 Å². The number of carbonyl (C=O) groups excluding carboxylic acids is 1. The number of hydrogen-bond donors (Lipinski definition) is 3. The largest absolute Gasteiger partial charge is 0.389 e. The first-order valence-corrected chi connectivity index (χ1v) is 10.2. The number of nitrogens with one attached hydrogen (secondary N) is 2. The molecule has 8 heteroatoms. The molecule has 0 heterocycles. The summed E-state index contributed by atoms with van der Waals surface area (Å²) < 4.78 is 22.5. The molecule has 0 saturated heterocycles. The minimum Gasteiger partial charge on any atom is -0.389 e. The molecule has 0 radical (unpaired) electrons. The Kier molecular flexibility index (Phi) is 7.32. The summed E-state index contributed by atoms with van der Waals surface area (Å²) in [6.07, 6.45) is 1.97. The molecule has 0 spiro atoms. The van der Waals surface area contributed by atoms with Crippen molar-refractivity contribution in [1.82, 2.24) is 10.6 Å². The van der Waals surface area contributed by atoms with Gasteiger partial charge in [-0.2, -0.15) is 5.26 Å².